The Kier molecular flexibility index (Phi) is 11.8. The number of nitrogens with zero attached hydrogens (tertiary/aromatic N) is 4. The summed E-state index contributed by atoms with van der Waals surface area (Å²) in [6, 6.07) is 17.8. The highest BCUT2D eigenvalue weighted by atomic mass is 16.5. The third-order valence-corrected chi connectivity index (χ3v) is 12.5. The number of H-pyrrole nitrogens is 2. The number of aromatic amines is 2. The molecule has 2 fully saturated rings. The number of hydrogen-bond acceptors (Lipinski definition) is 8. The van der Waals surface area contributed by atoms with Gasteiger partial charge in [0.1, 0.15) is 17.7 Å². The predicted octanol–water partition coefficient (Wildman–Crippen LogP) is 8.40. The van der Waals surface area contributed by atoms with E-state index in [0.29, 0.717) is 0 Å². The molecular weight excluding hydrogens is 747 g/mol. The maximum atomic E-state index is 13.9. The van der Waals surface area contributed by atoms with Crippen molar-refractivity contribution in [2.75, 3.05) is 14.2 Å². The Bertz CT molecular complexity index is 2380. The number of alkyl carbamates (subject to hydrolysis) is 1. The molecule has 13 heteroatoms. The Hall–Kier alpha value is -5.72. The maximum Gasteiger partial charge on any atom is 0.407 e. The van der Waals surface area contributed by atoms with Crippen molar-refractivity contribution in [2.24, 2.45) is 17.8 Å². The van der Waals surface area contributed by atoms with E-state index in [9.17, 15) is 19.2 Å². The highest BCUT2D eigenvalue weighted by molar-refractivity contribution is 5.88. The van der Waals surface area contributed by atoms with Crippen LogP contribution in [-0.2, 0) is 23.9 Å². The van der Waals surface area contributed by atoms with Crippen LogP contribution in [0.4, 0.5) is 4.79 Å². The van der Waals surface area contributed by atoms with Gasteiger partial charge in [-0.1, -0.05) is 58.0 Å². The van der Waals surface area contributed by atoms with Gasteiger partial charge >= 0.3 is 12.1 Å². The molecule has 6 atom stereocenters. The Labute approximate surface area is 345 Å². The molecule has 0 radical (unpaired) electrons. The van der Waals surface area contributed by atoms with E-state index in [0.717, 1.165) is 87.2 Å². The van der Waals surface area contributed by atoms with Gasteiger partial charge in [0.2, 0.25) is 11.8 Å². The Morgan fingerprint density at radius 3 is 1.76 bits per heavy atom. The molecule has 2 unspecified atom stereocenters. The largest absolute Gasteiger partial charge is 0.469 e. The zero-order valence-corrected chi connectivity index (χ0v) is 35.6. The molecule has 2 saturated heterocycles. The summed E-state index contributed by atoms with van der Waals surface area (Å²) in [6.07, 6.45) is 2.69. The van der Waals surface area contributed by atoms with Gasteiger partial charge in [0.05, 0.1) is 60.7 Å². The molecule has 4 heterocycles. The fraction of sp³-hybridized carbons (Fsp3) is 0.478. The minimum atomic E-state index is -0.709. The molecule has 0 aliphatic carbocycles. The van der Waals surface area contributed by atoms with E-state index in [1.165, 1.54) is 14.2 Å². The monoisotopic (exact) mass is 803 g/mol. The number of aromatic nitrogens is 4. The van der Waals surface area contributed by atoms with E-state index >= 15 is 0 Å². The molecule has 2 aliphatic rings. The molecule has 312 valence electrons. The Morgan fingerprint density at radius 2 is 1.24 bits per heavy atom. The van der Waals surface area contributed by atoms with E-state index in [1.54, 1.807) is 0 Å². The van der Waals surface area contributed by atoms with Crippen LogP contribution in [0.15, 0.2) is 54.6 Å². The summed E-state index contributed by atoms with van der Waals surface area (Å²) in [5.41, 5.74) is 8.85. The second-order valence-electron chi connectivity index (χ2n) is 17.1. The number of carbonyl (C=O) groups excluding carboxylic acids is 4. The molecule has 5 aromatic rings. The average molecular weight is 804 g/mol. The quantitative estimate of drug-likeness (QED) is 0.112. The number of methoxy groups -OCH3 is 2. The van der Waals surface area contributed by atoms with Crippen LogP contribution in [0.25, 0.3) is 44.3 Å². The first-order valence-electron chi connectivity index (χ1n) is 20.8. The fourth-order valence-electron chi connectivity index (χ4n) is 9.06. The number of likely N-dealkylation sites (tertiary alicyclic amines) is 2. The maximum absolute atomic E-state index is 13.9. The van der Waals surface area contributed by atoms with Gasteiger partial charge in [0, 0.05) is 12.1 Å². The van der Waals surface area contributed by atoms with Gasteiger partial charge in [0.15, 0.2) is 0 Å². The van der Waals surface area contributed by atoms with E-state index in [1.807, 2.05) is 56.6 Å². The number of amides is 3. The summed E-state index contributed by atoms with van der Waals surface area (Å²) in [5, 5.41) is 2.73. The molecule has 13 nitrogen and oxygen atoms in total. The van der Waals surface area contributed by atoms with Gasteiger partial charge in [0.25, 0.3) is 0 Å². The first-order valence-corrected chi connectivity index (χ1v) is 20.8. The molecule has 3 N–H and O–H groups in total. The zero-order chi connectivity index (χ0) is 42.3. The van der Waals surface area contributed by atoms with E-state index in [2.05, 4.69) is 71.6 Å². The molecule has 3 amide bonds. The molecular formula is C46H57N7O6. The lowest BCUT2D eigenvalue weighted by Gasteiger charge is -2.32. The topological polar surface area (TPSA) is 163 Å². The summed E-state index contributed by atoms with van der Waals surface area (Å²) < 4.78 is 9.73. The third-order valence-electron chi connectivity index (χ3n) is 12.5. The SMILES string of the molecule is COC(=O)C[C@H](C(=O)N1C(C)CC[C@H]1c1nc2ccc(-c3ccc(-c4ccc5nc([C@@H]6CCC(C)N6C(=O)[C@@H](NC(=O)OC)C(C)C)[nH]c5c4)c(C)c3)cc2[nH]1)C(C)C. The smallest absolute Gasteiger partial charge is 0.407 e. The second-order valence-corrected chi connectivity index (χ2v) is 17.1. The van der Waals surface area contributed by atoms with E-state index in [-0.39, 0.29) is 60.2 Å². The summed E-state index contributed by atoms with van der Waals surface area (Å²) in [5.74, 6) is 0.358. The van der Waals surface area contributed by atoms with Crippen molar-refractivity contribution >= 4 is 45.9 Å². The zero-order valence-electron chi connectivity index (χ0n) is 35.6. The van der Waals surface area contributed by atoms with Gasteiger partial charge in [-0.15, -0.1) is 0 Å². The van der Waals surface area contributed by atoms with Crippen molar-refractivity contribution < 1.29 is 28.7 Å². The Morgan fingerprint density at radius 1 is 0.712 bits per heavy atom. The van der Waals surface area contributed by atoms with Crippen molar-refractivity contribution in [2.45, 2.75) is 111 Å². The normalized spacial score (nSPS) is 20.5. The molecule has 0 bridgehead atoms. The van der Waals surface area contributed by atoms with E-state index in [4.69, 9.17) is 19.4 Å². The molecule has 59 heavy (non-hydrogen) atoms. The molecule has 0 spiro atoms. The summed E-state index contributed by atoms with van der Waals surface area (Å²) in [4.78, 5) is 72.9. The standard InChI is InChI=1S/C46H57N7O6/c1-24(2)33(23-40(54)58-8)44(55)52-27(6)10-18-38(52)42-47-34-16-13-30(21-36(34)49-42)29-12-15-32(26(5)20-29)31-14-17-35-37(22-31)50-43(48-35)39-19-11-28(7)53(39)45(56)41(25(3)4)51-46(57)59-9/h12-17,20-22,24-25,27-28,33,38-39,41H,10-11,18-19,23H2,1-9H3,(H,47,49)(H,48,50)(H,51,57)/t27?,28?,33-,38-,39-,41-/m0/s1. The first kappa shape index (κ1) is 41.4. The summed E-state index contributed by atoms with van der Waals surface area (Å²) >= 11 is 0. The minimum Gasteiger partial charge on any atom is -0.469 e. The summed E-state index contributed by atoms with van der Waals surface area (Å²) in [7, 11) is 2.66. The van der Waals surface area contributed by atoms with Crippen molar-refractivity contribution in [1.82, 2.24) is 35.1 Å². The number of benzene rings is 3. The Balaban J connectivity index is 1.10. The number of esters is 1. The average Bonchev–Trinajstić information content (AvgIpc) is 4.01. The van der Waals surface area contributed by atoms with Crippen molar-refractivity contribution in [3.63, 3.8) is 0 Å². The van der Waals surface area contributed by atoms with Crippen LogP contribution in [0.2, 0.25) is 0 Å². The number of fused-ring (bicyclic) bond motifs is 2. The number of carbonyl (C=O) groups is 4. The molecule has 0 saturated carbocycles. The summed E-state index contributed by atoms with van der Waals surface area (Å²) in [6.45, 7) is 14.0. The fourth-order valence-corrected chi connectivity index (χ4v) is 9.06. The van der Waals surface area contributed by atoms with Gasteiger partial charge in [-0.05, 0) is 110 Å². The van der Waals surface area contributed by atoms with Crippen LogP contribution < -0.4 is 5.32 Å². The van der Waals surface area contributed by atoms with Crippen LogP contribution >= 0.6 is 0 Å². The number of ether oxygens (including phenoxy) is 2. The second kappa shape index (κ2) is 16.9. The van der Waals surface area contributed by atoms with Crippen LogP contribution in [0.1, 0.15) is 103 Å². The molecule has 2 aliphatic heterocycles. The van der Waals surface area contributed by atoms with Crippen LogP contribution in [0.5, 0.6) is 0 Å². The molecule has 7 rings (SSSR count). The van der Waals surface area contributed by atoms with Gasteiger partial charge in [-0.2, -0.15) is 0 Å². The highest BCUT2D eigenvalue weighted by Crippen LogP contribution is 2.40. The highest BCUT2D eigenvalue weighted by Gasteiger charge is 2.42. The first-order chi connectivity index (χ1) is 28.2. The van der Waals surface area contributed by atoms with E-state index < -0.39 is 18.1 Å². The number of rotatable bonds is 11. The van der Waals surface area contributed by atoms with Crippen molar-refractivity contribution in [3.05, 3.63) is 71.8 Å². The van der Waals surface area contributed by atoms with Gasteiger partial charge in [-0.3, -0.25) is 14.4 Å². The van der Waals surface area contributed by atoms with Crippen molar-refractivity contribution in [1.29, 1.82) is 0 Å². The number of hydrogen-bond donors (Lipinski definition) is 3. The minimum absolute atomic E-state index is 0.00519. The lowest BCUT2D eigenvalue weighted by molar-refractivity contribution is -0.149. The molecule has 2 aromatic heterocycles. The number of aryl methyl sites for hydroxylation is 1. The molecule has 3 aromatic carbocycles. The predicted molar refractivity (Wildman–Crippen MR) is 227 cm³/mol. The number of imidazole rings is 2. The lowest BCUT2D eigenvalue weighted by atomic mass is 9.90. The van der Waals surface area contributed by atoms with Gasteiger partial charge in [-0.25, -0.2) is 14.8 Å². The third kappa shape index (κ3) is 8.16. The van der Waals surface area contributed by atoms with Crippen LogP contribution in [-0.4, -0.2) is 86.0 Å². The van der Waals surface area contributed by atoms with Crippen LogP contribution in [0.3, 0.4) is 0 Å². The van der Waals surface area contributed by atoms with Crippen LogP contribution in [0, 0.1) is 24.7 Å². The van der Waals surface area contributed by atoms with Gasteiger partial charge < -0.3 is 34.6 Å². The lowest BCUT2D eigenvalue weighted by Crippen LogP contribution is -2.52. The van der Waals surface area contributed by atoms with Crippen molar-refractivity contribution in [3.8, 4) is 22.3 Å². The number of nitrogens with one attached hydrogen (secondary N) is 3.